The quantitative estimate of drug-likeness (QED) is 0.723. The monoisotopic (exact) mass is 336 g/mol. The second kappa shape index (κ2) is 7.90. The van der Waals surface area contributed by atoms with Gasteiger partial charge in [-0.2, -0.15) is 0 Å². The van der Waals surface area contributed by atoms with E-state index in [1.807, 2.05) is 55.6 Å². The molecule has 2 N–H and O–H groups in total. The second-order valence-electron chi connectivity index (χ2n) is 6.05. The van der Waals surface area contributed by atoms with Crippen LogP contribution in [-0.4, -0.2) is 13.0 Å². The molecule has 3 aromatic carbocycles. The topological polar surface area (TPSA) is 41.1 Å². The normalized spacial score (nSPS) is 10.8. The van der Waals surface area contributed by atoms with Gasteiger partial charge in [0, 0.05) is 18.7 Å². The third-order valence-corrected chi connectivity index (χ3v) is 4.21. The Kier molecular flexibility index (Phi) is 5.41. The third-order valence-electron chi connectivity index (χ3n) is 4.21. The van der Waals surface area contributed by atoms with Crippen LogP contribution in [0.25, 0.3) is 10.8 Å². The van der Waals surface area contributed by atoms with Crippen LogP contribution < -0.4 is 10.6 Å². The molecule has 4 heteroatoms. The number of carbonyl (C=O) groups is 1. The highest BCUT2D eigenvalue weighted by Crippen LogP contribution is 2.19. The van der Waals surface area contributed by atoms with Crippen molar-refractivity contribution >= 4 is 16.7 Å². The van der Waals surface area contributed by atoms with Crippen LogP contribution in [0.5, 0.6) is 0 Å². The van der Waals surface area contributed by atoms with Crippen LogP contribution in [0.15, 0.2) is 60.7 Å². The van der Waals surface area contributed by atoms with E-state index in [-0.39, 0.29) is 24.7 Å². The van der Waals surface area contributed by atoms with E-state index in [1.165, 1.54) is 6.07 Å². The highest BCUT2D eigenvalue weighted by molar-refractivity contribution is 5.90. The molecule has 0 aliphatic rings. The zero-order chi connectivity index (χ0) is 17.6. The number of nitrogens with one attached hydrogen (secondary N) is 2. The van der Waals surface area contributed by atoms with Gasteiger partial charge in [-0.15, -0.1) is 0 Å². The molecule has 0 spiro atoms. The van der Waals surface area contributed by atoms with Crippen molar-refractivity contribution in [2.45, 2.75) is 19.5 Å². The molecule has 3 nitrogen and oxygen atoms in total. The van der Waals surface area contributed by atoms with Crippen LogP contribution in [0.1, 0.15) is 16.7 Å². The maximum Gasteiger partial charge on any atom is 0.224 e. The predicted molar refractivity (Wildman–Crippen MR) is 98.7 cm³/mol. The van der Waals surface area contributed by atoms with Gasteiger partial charge in [0.1, 0.15) is 5.82 Å². The molecule has 3 rings (SSSR count). The van der Waals surface area contributed by atoms with Crippen molar-refractivity contribution in [3.8, 4) is 0 Å². The second-order valence-corrected chi connectivity index (χ2v) is 6.05. The summed E-state index contributed by atoms with van der Waals surface area (Å²) in [5, 5.41) is 7.98. The fourth-order valence-corrected chi connectivity index (χ4v) is 2.92. The van der Waals surface area contributed by atoms with Gasteiger partial charge < -0.3 is 10.6 Å². The van der Waals surface area contributed by atoms with E-state index in [4.69, 9.17) is 0 Å². The molecule has 0 saturated carbocycles. The maximum atomic E-state index is 14.1. The highest BCUT2D eigenvalue weighted by Gasteiger charge is 2.09. The summed E-state index contributed by atoms with van der Waals surface area (Å²) in [5.74, 6) is -0.409. The molecule has 0 radical (unpaired) electrons. The third kappa shape index (κ3) is 4.22. The lowest BCUT2D eigenvalue weighted by Gasteiger charge is -2.09. The van der Waals surface area contributed by atoms with Gasteiger partial charge in [0.25, 0.3) is 0 Å². The van der Waals surface area contributed by atoms with Crippen molar-refractivity contribution in [2.75, 3.05) is 7.05 Å². The Morgan fingerprint density at radius 3 is 2.56 bits per heavy atom. The molecular formula is C21H21FN2O. The number of halogens is 1. The van der Waals surface area contributed by atoms with E-state index in [2.05, 4.69) is 10.6 Å². The van der Waals surface area contributed by atoms with Gasteiger partial charge in [-0.3, -0.25) is 4.79 Å². The Morgan fingerprint density at radius 2 is 1.76 bits per heavy atom. The molecule has 0 unspecified atom stereocenters. The summed E-state index contributed by atoms with van der Waals surface area (Å²) in [6, 6.07) is 19.0. The molecular weight excluding hydrogens is 315 g/mol. The number of hydrogen-bond acceptors (Lipinski definition) is 2. The molecule has 0 heterocycles. The zero-order valence-corrected chi connectivity index (χ0v) is 14.2. The Morgan fingerprint density at radius 1 is 0.960 bits per heavy atom. The molecule has 3 aromatic rings. The van der Waals surface area contributed by atoms with E-state index >= 15 is 0 Å². The molecule has 0 bridgehead atoms. The number of benzene rings is 3. The van der Waals surface area contributed by atoms with Gasteiger partial charge in [0.05, 0.1) is 6.42 Å². The molecule has 25 heavy (non-hydrogen) atoms. The van der Waals surface area contributed by atoms with E-state index in [0.717, 1.165) is 21.9 Å². The fraction of sp³-hybridized carbons (Fsp3) is 0.190. The van der Waals surface area contributed by atoms with Crippen molar-refractivity contribution in [3.05, 3.63) is 83.2 Å². The van der Waals surface area contributed by atoms with E-state index in [1.54, 1.807) is 6.07 Å². The number of hydrogen-bond donors (Lipinski definition) is 2. The van der Waals surface area contributed by atoms with Gasteiger partial charge in [0.15, 0.2) is 0 Å². The average Bonchev–Trinajstić information content (AvgIpc) is 2.62. The van der Waals surface area contributed by atoms with Crippen molar-refractivity contribution in [1.29, 1.82) is 0 Å². The first-order chi connectivity index (χ1) is 12.2. The summed E-state index contributed by atoms with van der Waals surface area (Å²) in [7, 11) is 1.82. The summed E-state index contributed by atoms with van der Waals surface area (Å²) in [6.45, 7) is 0.805. The highest BCUT2D eigenvalue weighted by atomic mass is 19.1. The minimum atomic E-state index is -0.293. The van der Waals surface area contributed by atoms with E-state index in [9.17, 15) is 9.18 Å². The summed E-state index contributed by atoms with van der Waals surface area (Å²) in [5.41, 5.74) is 2.34. The minimum absolute atomic E-state index is 0.116. The summed E-state index contributed by atoms with van der Waals surface area (Å²) < 4.78 is 14.1. The first-order valence-electron chi connectivity index (χ1n) is 8.32. The van der Waals surface area contributed by atoms with Crippen LogP contribution in [0.3, 0.4) is 0 Å². The van der Waals surface area contributed by atoms with Gasteiger partial charge in [0.2, 0.25) is 5.91 Å². The number of amides is 1. The first kappa shape index (κ1) is 17.1. The summed E-state index contributed by atoms with van der Waals surface area (Å²) in [4.78, 5) is 12.3. The minimum Gasteiger partial charge on any atom is -0.352 e. The van der Waals surface area contributed by atoms with Crippen LogP contribution in [-0.2, 0) is 24.3 Å². The number of carbonyl (C=O) groups excluding carboxylic acids is 1. The molecule has 1 amide bonds. The largest absolute Gasteiger partial charge is 0.352 e. The Labute approximate surface area is 146 Å². The van der Waals surface area contributed by atoms with Crippen molar-refractivity contribution in [1.82, 2.24) is 10.6 Å². The predicted octanol–water partition coefficient (Wildman–Crippen LogP) is 3.56. The lowest BCUT2D eigenvalue weighted by molar-refractivity contribution is -0.120. The average molecular weight is 336 g/mol. The maximum absolute atomic E-state index is 14.1. The lowest BCUT2D eigenvalue weighted by atomic mass is 10.0. The molecule has 0 aliphatic carbocycles. The number of rotatable bonds is 6. The van der Waals surface area contributed by atoms with Gasteiger partial charge in [-0.1, -0.05) is 54.6 Å². The van der Waals surface area contributed by atoms with E-state index in [0.29, 0.717) is 12.1 Å². The van der Waals surface area contributed by atoms with Crippen molar-refractivity contribution in [3.63, 3.8) is 0 Å². The number of fused-ring (bicyclic) bond motifs is 1. The molecule has 0 saturated heterocycles. The van der Waals surface area contributed by atoms with Crippen molar-refractivity contribution < 1.29 is 9.18 Å². The van der Waals surface area contributed by atoms with Crippen LogP contribution in [0, 0.1) is 5.82 Å². The molecule has 0 fully saturated rings. The molecule has 0 aromatic heterocycles. The van der Waals surface area contributed by atoms with Gasteiger partial charge >= 0.3 is 0 Å². The smallest absolute Gasteiger partial charge is 0.224 e. The van der Waals surface area contributed by atoms with Crippen LogP contribution in [0.4, 0.5) is 4.39 Å². The Hall–Kier alpha value is -2.72. The lowest BCUT2D eigenvalue weighted by Crippen LogP contribution is -2.25. The van der Waals surface area contributed by atoms with Crippen molar-refractivity contribution in [2.24, 2.45) is 0 Å². The van der Waals surface area contributed by atoms with Gasteiger partial charge in [-0.25, -0.2) is 4.39 Å². The van der Waals surface area contributed by atoms with Crippen LogP contribution in [0.2, 0.25) is 0 Å². The summed E-state index contributed by atoms with van der Waals surface area (Å²) in [6.07, 6.45) is 0.279. The first-order valence-corrected chi connectivity index (χ1v) is 8.32. The van der Waals surface area contributed by atoms with Gasteiger partial charge in [-0.05, 0) is 35.0 Å². The standard InChI is InChI=1S/C21H21FN2O/c1-23-13-15-9-10-18(20(22)11-15)14-24-21(25)12-17-7-4-6-16-5-2-3-8-19(16)17/h2-11,23H,12-14H2,1H3,(H,24,25). The zero-order valence-electron chi connectivity index (χ0n) is 14.2. The molecule has 0 aliphatic heterocycles. The Balaban J connectivity index is 1.65. The fourth-order valence-electron chi connectivity index (χ4n) is 2.92. The SMILES string of the molecule is CNCc1ccc(CNC(=O)Cc2cccc3ccccc23)c(F)c1. The molecule has 128 valence electrons. The van der Waals surface area contributed by atoms with Crippen LogP contribution >= 0.6 is 0 Å². The summed E-state index contributed by atoms with van der Waals surface area (Å²) >= 11 is 0. The van der Waals surface area contributed by atoms with E-state index < -0.39 is 0 Å². The Bertz CT molecular complexity index is 887. The molecule has 0 atom stereocenters.